The first-order valence-corrected chi connectivity index (χ1v) is 6.81. The van der Waals surface area contributed by atoms with Crippen molar-refractivity contribution in [3.8, 4) is 17.6 Å². The zero-order valence-electron chi connectivity index (χ0n) is 10.6. The zero-order chi connectivity index (χ0) is 14.1. The van der Waals surface area contributed by atoms with Crippen LogP contribution in [0, 0.1) is 11.8 Å². The number of aliphatic hydroxyl groups excluding tert-OH is 1. The molecule has 0 atom stereocenters. The molecular weight excluding hydrogens is 312 g/mol. The average molecular weight is 327 g/mol. The van der Waals surface area contributed by atoms with Crippen molar-refractivity contribution in [3.63, 3.8) is 0 Å². The number of alkyl halides is 1. The van der Waals surface area contributed by atoms with Gasteiger partial charge in [-0.25, -0.2) is 4.79 Å². The zero-order valence-corrected chi connectivity index (χ0v) is 12.2. The maximum absolute atomic E-state index is 11.7. The molecule has 4 nitrogen and oxygen atoms in total. The highest BCUT2D eigenvalue weighted by atomic mass is 79.9. The molecule has 1 rings (SSSR count). The summed E-state index contributed by atoms with van der Waals surface area (Å²) in [4.78, 5) is 11.7. The lowest BCUT2D eigenvalue weighted by Crippen LogP contribution is -2.08. The number of esters is 1. The molecule has 0 aliphatic heterocycles. The second kappa shape index (κ2) is 8.57. The highest BCUT2D eigenvalue weighted by Gasteiger charge is 2.13. The second-order valence-electron chi connectivity index (χ2n) is 3.55. The first-order chi connectivity index (χ1) is 9.22. The summed E-state index contributed by atoms with van der Waals surface area (Å²) < 4.78 is 10.2. The van der Waals surface area contributed by atoms with Gasteiger partial charge in [0.15, 0.2) is 0 Å². The van der Waals surface area contributed by atoms with Crippen molar-refractivity contribution >= 4 is 21.9 Å². The van der Waals surface area contributed by atoms with E-state index in [2.05, 4.69) is 27.8 Å². The van der Waals surface area contributed by atoms with Crippen LogP contribution in [-0.2, 0) is 11.2 Å². The van der Waals surface area contributed by atoms with Crippen molar-refractivity contribution in [3.05, 3.63) is 29.3 Å². The van der Waals surface area contributed by atoms with E-state index in [-0.39, 0.29) is 6.61 Å². The number of hydrogen-bond acceptors (Lipinski definition) is 4. The number of rotatable bonds is 5. The summed E-state index contributed by atoms with van der Waals surface area (Å²) in [6, 6.07) is 5.26. The molecule has 1 aromatic carbocycles. The molecular formula is C14H15BrO4. The van der Waals surface area contributed by atoms with Crippen molar-refractivity contribution in [1.82, 2.24) is 0 Å². The van der Waals surface area contributed by atoms with E-state index in [0.717, 1.165) is 5.56 Å². The normalized spacial score (nSPS) is 9.42. The van der Waals surface area contributed by atoms with Gasteiger partial charge in [-0.2, -0.15) is 0 Å². The Bertz CT molecular complexity index is 488. The molecule has 0 spiro atoms. The molecule has 0 unspecified atom stereocenters. The van der Waals surface area contributed by atoms with E-state index in [4.69, 9.17) is 14.6 Å². The van der Waals surface area contributed by atoms with Crippen LogP contribution in [-0.4, -0.2) is 36.7 Å². The minimum atomic E-state index is -0.443. The maximum Gasteiger partial charge on any atom is 0.341 e. The Hall–Kier alpha value is -1.51. The molecule has 0 heterocycles. The summed E-state index contributed by atoms with van der Waals surface area (Å²) in [5.41, 5.74) is 1.25. The molecule has 0 saturated carbocycles. The summed E-state index contributed by atoms with van der Waals surface area (Å²) in [7, 11) is 1.33. The fourth-order valence-corrected chi connectivity index (χ4v) is 1.61. The molecule has 0 amide bonds. The van der Waals surface area contributed by atoms with E-state index in [1.807, 2.05) is 6.07 Å². The number of benzene rings is 1. The number of aliphatic hydroxyl groups is 1. The summed E-state index contributed by atoms with van der Waals surface area (Å²) in [6.07, 6.45) is 0.462. The molecule has 0 bridgehead atoms. The number of hydrogen-bond donors (Lipinski definition) is 1. The van der Waals surface area contributed by atoms with Crippen molar-refractivity contribution in [2.75, 3.05) is 25.7 Å². The Morgan fingerprint density at radius 3 is 2.84 bits per heavy atom. The van der Waals surface area contributed by atoms with Gasteiger partial charge < -0.3 is 14.6 Å². The molecule has 102 valence electrons. The van der Waals surface area contributed by atoms with Crippen LogP contribution in [0.5, 0.6) is 5.75 Å². The van der Waals surface area contributed by atoms with E-state index in [0.29, 0.717) is 29.7 Å². The minimum absolute atomic E-state index is 0.170. The summed E-state index contributed by atoms with van der Waals surface area (Å²) >= 11 is 3.26. The Kier molecular flexibility index (Phi) is 7.01. The molecule has 19 heavy (non-hydrogen) atoms. The Morgan fingerprint density at radius 1 is 1.42 bits per heavy atom. The van der Waals surface area contributed by atoms with E-state index >= 15 is 0 Å². The number of ether oxygens (including phenoxy) is 2. The molecule has 0 aliphatic carbocycles. The average Bonchev–Trinajstić information content (AvgIpc) is 2.45. The van der Waals surface area contributed by atoms with Crippen LogP contribution < -0.4 is 4.74 Å². The fraction of sp³-hybridized carbons (Fsp3) is 0.357. The van der Waals surface area contributed by atoms with E-state index < -0.39 is 5.97 Å². The first kappa shape index (κ1) is 15.5. The standard InChI is InChI=1S/C14H15BrO4/c1-18-14(17)12-10-11(4-2-3-8-16)5-6-13(12)19-9-7-15/h5-6,10,16H,4,7-9H2,1H3. The minimum Gasteiger partial charge on any atom is -0.492 e. The van der Waals surface area contributed by atoms with Crippen LogP contribution in [0.2, 0.25) is 0 Å². The highest BCUT2D eigenvalue weighted by molar-refractivity contribution is 9.09. The van der Waals surface area contributed by atoms with Gasteiger partial charge >= 0.3 is 5.97 Å². The summed E-state index contributed by atoms with van der Waals surface area (Å²) in [5.74, 6) is 5.41. The van der Waals surface area contributed by atoms with Gasteiger partial charge in [-0.15, -0.1) is 0 Å². The molecule has 0 aliphatic rings. The lowest BCUT2D eigenvalue weighted by atomic mass is 10.1. The van der Waals surface area contributed by atoms with Gasteiger partial charge in [-0.3, -0.25) is 0 Å². The van der Waals surface area contributed by atoms with E-state index in [9.17, 15) is 4.79 Å². The Balaban J connectivity index is 2.97. The predicted octanol–water partition coefficient (Wildman–Crippen LogP) is 1.79. The largest absolute Gasteiger partial charge is 0.492 e. The quantitative estimate of drug-likeness (QED) is 0.509. The fourth-order valence-electron chi connectivity index (χ4n) is 1.45. The van der Waals surface area contributed by atoms with Gasteiger partial charge in [0.05, 0.1) is 13.7 Å². The highest BCUT2D eigenvalue weighted by Crippen LogP contribution is 2.21. The summed E-state index contributed by atoms with van der Waals surface area (Å²) in [6.45, 7) is 0.296. The number of carbonyl (C=O) groups is 1. The third-order valence-electron chi connectivity index (χ3n) is 2.28. The second-order valence-corrected chi connectivity index (χ2v) is 4.34. The van der Waals surface area contributed by atoms with Crippen molar-refractivity contribution in [2.45, 2.75) is 6.42 Å². The third kappa shape index (κ3) is 4.93. The van der Waals surface area contributed by atoms with Crippen LogP contribution in [0.3, 0.4) is 0 Å². The van der Waals surface area contributed by atoms with Gasteiger partial charge in [-0.1, -0.05) is 33.8 Å². The maximum atomic E-state index is 11.7. The first-order valence-electron chi connectivity index (χ1n) is 5.69. The van der Waals surface area contributed by atoms with Gasteiger partial charge in [0, 0.05) is 11.8 Å². The summed E-state index contributed by atoms with van der Waals surface area (Å²) in [5, 5.41) is 9.27. The smallest absolute Gasteiger partial charge is 0.341 e. The van der Waals surface area contributed by atoms with E-state index in [1.165, 1.54) is 7.11 Å². The number of methoxy groups -OCH3 is 1. The molecule has 1 aromatic rings. The van der Waals surface area contributed by atoms with Crippen LogP contribution in [0.1, 0.15) is 15.9 Å². The topological polar surface area (TPSA) is 55.8 Å². The van der Waals surface area contributed by atoms with Crippen LogP contribution >= 0.6 is 15.9 Å². The lowest BCUT2D eigenvalue weighted by molar-refractivity contribution is 0.0596. The molecule has 0 fully saturated rings. The lowest BCUT2D eigenvalue weighted by Gasteiger charge is -2.10. The number of halogens is 1. The predicted molar refractivity (Wildman–Crippen MR) is 75.6 cm³/mol. The molecule has 0 saturated heterocycles. The Labute approximate surface area is 120 Å². The van der Waals surface area contributed by atoms with Gasteiger partial charge in [0.1, 0.15) is 17.9 Å². The molecule has 0 aromatic heterocycles. The van der Waals surface area contributed by atoms with Crippen molar-refractivity contribution < 1.29 is 19.4 Å². The Morgan fingerprint density at radius 2 is 2.21 bits per heavy atom. The number of carbonyl (C=O) groups excluding carboxylic acids is 1. The van der Waals surface area contributed by atoms with E-state index in [1.54, 1.807) is 12.1 Å². The van der Waals surface area contributed by atoms with Gasteiger partial charge in [0.25, 0.3) is 0 Å². The monoisotopic (exact) mass is 326 g/mol. The SMILES string of the molecule is COC(=O)c1cc(CC#CCO)ccc1OCCBr. The van der Waals surface area contributed by atoms with Gasteiger partial charge in [-0.05, 0) is 17.7 Å². The third-order valence-corrected chi connectivity index (χ3v) is 2.60. The molecule has 5 heteroatoms. The van der Waals surface area contributed by atoms with Crippen LogP contribution in [0.15, 0.2) is 18.2 Å². The van der Waals surface area contributed by atoms with Gasteiger partial charge in [0.2, 0.25) is 0 Å². The van der Waals surface area contributed by atoms with Crippen molar-refractivity contribution in [1.29, 1.82) is 0 Å². The van der Waals surface area contributed by atoms with Crippen molar-refractivity contribution in [2.24, 2.45) is 0 Å². The van der Waals surface area contributed by atoms with Crippen LogP contribution in [0.4, 0.5) is 0 Å². The van der Waals surface area contributed by atoms with Crippen LogP contribution in [0.25, 0.3) is 0 Å². The molecule has 1 N–H and O–H groups in total. The molecule has 0 radical (unpaired) electrons.